The molecular weight excluding hydrogens is 293 g/mol. The number of nitrogens with two attached hydrogens (primary N) is 1. The Bertz CT molecular complexity index is 694. The lowest BCUT2D eigenvalue weighted by molar-refractivity contribution is 0.237. The van der Waals surface area contributed by atoms with Crippen LogP contribution in [-0.2, 0) is 4.74 Å². The summed E-state index contributed by atoms with van der Waals surface area (Å²) in [5.74, 6) is 0.0837. The summed E-state index contributed by atoms with van der Waals surface area (Å²) in [7, 11) is 1.88. The Morgan fingerprint density at radius 2 is 2.17 bits per heavy atom. The maximum absolute atomic E-state index is 13.7. The molecule has 0 aromatic heterocycles. The first kappa shape index (κ1) is 16.7. The van der Waals surface area contributed by atoms with Gasteiger partial charge in [-0.3, -0.25) is 0 Å². The van der Waals surface area contributed by atoms with Crippen molar-refractivity contribution in [2.75, 3.05) is 25.1 Å². The van der Waals surface area contributed by atoms with Gasteiger partial charge >= 0.3 is 0 Å². The third kappa shape index (κ3) is 3.08. The van der Waals surface area contributed by atoms with Crippen LogP contribution in [0.2, 0.25) is 0 Å². The average molecular weight is 315 g/mol. The number of fused-ring (bicyclic) bond motifs is 1. The number of hydrogen-bond donors (Lipinski definition) is 1. The molecule has 122 valence electrons. The highest BCUT2D eigenvalue weighted by molar-refractivity contribution is 5.79. The molecule has 0 atom stereocenters. The van der Waals surface area contributed by atoms with E-state index in [1.54, 1.807) is 12.3 Å². The summed E-state index contributed by atoms with van der Waals surface area (Å²) in [5, 5.41) is 0. The molecule has 23 heavy (non-hydrogen) atoms. The third-order valence-electron chi connectivity index (χ3n) is 3.78. The van der Waals surface area contributed by atoms with Gasteiger partial charge in [0.1, 0.15) is 11.6 Å². The van der Waals surface area contributed by atoms with Gasteiger partial charge in [0, 0.05) is 24.5 Å². The van der Waals surface area contributed by atoms with Crippen molar-refractivity contribution < 1.29 is 9.13 Å². The van der Waals surface area contributed by atoms with Gasteiger partial charge in [0.05, 0.1) is 30.2 Å². The summed E-state index contributed by atoms with van der Waals surface area (Å²) < 4.78 is 19.1. The van der Waals surface area contributed by atoms with Crippen LogP contribution in [0.25, 0.3) is 5.70 Å². The van der Waals surface area contributed by atoms with E-state index in [0.29, 0.717) is 35.9 Å². The highest BCUT2D eigenvalue weighted by Gasteiger charge is 2.26. The van der Waals surface area contributed by atoms with Crippen molar-refractivity contribution in [3.8, 4) is 0 Å². The molecule has 0 fully saturated rings. The SMILES string of the molecule is C=CN1/C(=C(\N)C(=C)OCC)CN(C)C(=C)c2cc(F)ccc21. The number of anilines is 1. The zero-order valence-electron chi connectivity index (χ0n) is 13.6. The molecule has 0 aliphatic carbocycles. The zero-order chi connectivity index (χ0) is 17.1. The molecule has 0 bridgehead atoms. The van der Waals surface area contributed by atoms with E-state index in [0.717, 1.165) is 11.4 Å². The Hall–Kier alpha value is -2.69. The standard InChI is InChI=1S/C18H22FN3O/c1-6-22-16-9-8-14(19)10-15(16)12(3)21(5)11-17(22)18(20)13(4)23-7-2/h6,8-10H,1,3-4,7,11,20H2,2,5H3/b18-17-. The fourth-order valence-corrected chi connectivity index (χ4v) is 2.53. The van der Waals surface area contributed by atoms with Gasteiger partial charge in [-0.15, -0.1) is 0 Å². The van der Waals surface area contributed by atoms with Crippen molar-refractivity contribution in [1.82, 2.24) is 4.90 Å². The molecule has 1 aromatic carbocycles. The lowest BCUT2D eigenvalue weighted by atomic mass is 10.1. The van der Waals surface area contributed by atoms with Gasteiger partial charge in [-0.25, -0.2) is 4.39 Å². The van der Waals surface area contributed by atoms with Crippen LogP contribution in [-0.4, -0.2) is 25.1 Å². The highest BCUT2D eigenvalue weighted by Crippen LogP contribution is 2.36. The number of rotatable bonds is 4. The number of halogens is 1. The van der Waals surface area contributed by atoms with Crippen LogP contribution in [0.15, 0.2) is 61.3 Å². The summed E-state index contributed by atoms with van der Waals surface area (Å²) in [6, 6.07) is 4.55. The molecule has 2 N–H and O–H groups in total. The van der Waals surface area contributed by atoms with Crippen molar-refractivity contribution >= 4 is 11.4 Å². The van der Waals surface area contributed by atoms with Crippen molar-refractivity contribution in [2.45, 2.75) is 6.92 Å². The van der Waals surface area contributed by atoms with E-state index in [4.69, 9.17) is 10.5 Å². The lowest BCUT2D eigenvalue weighted by Crippen LogP contribution is -2.27. The van der Waals surface area contributed by atoms with Crippen LogP contribution in [0.1, 0.15) is 12.5 Å². The zero-order valence-corrected chi connectivity index (χ0v) is 13.6. The molecule has 0 saturated carbocycles. The minimum Gasteiger partial charge on any atom is -0.492 e. The van der Waals surface area contributed by atoms with Crippen LogP contribution in [0.3, 0.4) is 0 Å². The van der Waals surface area contributed by atoms with E-state index in [1.165, 1.54) is 12.1 Å². The molecule has 1 aromatic rings. The van der Waals surface area contributed by atoms with Gasteiger partial charge in [0.2, 0.25) is 0 Å². The normalized spacial score (nSPS) is 16.6. The van der Waals surface area contributed by atoms with E-state index < -0.39 is 0 Å². The molecule has 0 saturated heterocycles. The largest absolute Gasteiger partial charge is 0.492 e. The molecule has 1 heterocycles. The molecule has 0 unspecified atom stereocenters. The number of hydrogen-bond acceptors (Lipinski definition) is 4. The van der Waals surface area contributed by atoms with E-state index in [2.05, 4.69) is 19.7 Å². The Morgan fingerprint density at radius 1 is 1.48 bits per heavy atom. The van der Waals surface area contributed by atoms with E-state index >= 15 is 0 Å². The second kappa shape index (κ2) is 6.60. The Kier molecular flexibility index (Phi) is 4.79. The first-order valence-corrected chi connectivity index (χ1v) is 7.33. The third-order valence-corrected chi connectivity index (χ3v) is 3.78. The predicted octanol–water partition coefficient (Wildman–Crippen LogP) is 3.41. The van der Waals surface area contributed by atoms with Crippen LogP contribution in [0, 0.1) is 5.82 Å². The van der Waals surface area contributed by atoms with Crippen molar-refractivity contribution in [3.63, 3.8) is 0 Å². The fraction of sp³-hybridized carbons (Fsp3) is 0.222. The fourth-order valence-electron chi connectivity index (χ4n) is 2.53. The predicted molar refractivity (Wildman–Crippen MR) is 92.7 cm³/mol. The average Bonchev–Trinajstić information content (AvgIpc) is 2.63. The Labute approximate surface area is 136 Å². The molecule has 1 aliphatic heterocycles. The molecule has 1 aliphatic rings. The monoisotopic (exact) mass is 315 g/mol. The second-order valence-electron chi connectivity index (χ2n) is 5.23. The number of nitrogens with zero attached hydrogens (tertiary/aromatic N) is 2. The molecule has 0 amide bonds. The molecule has 5 heteroatoms. The molecule has 0 spiro atoms. The van der Waals surface area contributed by atoms with Crippen molar-refractivity contribution in [1.29, 1.82) is 0 Å². The maximum Gasteiger partial charge on any atom is 0.136 e. The molecule has 2 rings (SSSR count). The number of ether oxygens (including phenoxy) is 1. The van der Waals surface area contributed by atoms with Crippen LogP contribution < -0.4 is 10.6 Å². The summed E-state index contributed by atoms with van der Waals surface area (Å²) in [5.41, 5.74) is 9.59. The van der Waals surface area contributed by atoms with E-state index in [1.807, 2.05) is 23.8 Å². The minimum atomic E-state index is -0.318. The Balaban J connectivity index is 2.65. The van der Waals surface area contributed by atoms with Gasteiger partial charge in [-0.05, 0) is 25.1 Å². The lowest BCUT2D eigenvalue weighted by Gasteiger charge is -2.26. The van der Waals surface area contributed by atoms with E-state index in [-0.39, 0.29) is 5.82 Å². The number of likely N-dealkylation sites (N-methyl/N-ethyl adjacent to an activating group) is 1. The highest BCUT2D eigenvalue weighted by atomic mass is 19.1. The number of benzene rings is 1. The topological polar surface area (TPSA) is 41.7 Å². The molecule has 0 radical (unpaired) electrons. The summed E-state index contributed by atoms with van der Waals surface area (Å²) >= 11 is 0. The van der Waals surface area contributed by atoms with Crippen molar-refractivity contribution in [2.24, 2.45) is 5.73 Å². The summed E-state index contributed by atoms with van der Waals surface area (Å²) in [6.07, 6.45) is 1.64. The van der Waals surface area contributed by atoms with Gasteiger partial charge in [0.15, 0.2) is 0 Å². The van der Waals surface area contributed by atoms with Gasteiger partial charge in [-0.1, -0.05) is 19.7 Å². The van der Waals surface area contributed by atoms with Crippen molar-refractivity contribution in [3.05, 3.63) is 72.7 Å². The van der Waals surface area contributed by atoms with Crippen LogP contribution in [0.5, 0.6) is 0 Å². The van der Waals surface area contributed by atoms with Gasteiger partial charge in [-0.2, -0.15) is 0 Å². The maximum atomic E-state index is 13.7. The second-order valence-corrected chi connectivity index (χ2v) is 5.23. The van der Waals surface area contributed by atoms with Gasteiger partial charge < -0.3 is 20.3 Å². The molecule has 4 nitrogen and oxygen atoms in total. The summed E-state index contributed by atoms with van der Waals surface area (Å²) in [4.78, 5) is 3.73. The smallest absolute Gasteiger partial charge is 0.136 e. The van der Waals surface area contributed by atoms with Crippen LogP contribution >= 0.6 is 0 Å². The summed E-state index contributed by atoms with van der Waals surface area (Å²) in [6.45, 7) is 14.6. The van der Waals surface area contributed by atoms with E-state index in [9.17, 15) is 4.39 Å². The van der Waals surface area contributed by atoms with Crippen LogP contribution in [0.4, 0.5) is 10.1 Å². The quantitative estimate of drug-likeness (QED) is 0.865. The minimum absolute atomic E-state index is 0.318. The van der Waals surface area contributed by atoms with Gasteiger partial charge in [0.25, 0.3) is 0 Å². The first-order chi connectivity index (χ1) is 10.9. The molecular formula is C18H22FN3O. The first-order valence-electron chi connectivity index (χ1n) is 7.33. The Morgan fingerprint density at radius 3 is 2.78 bits per heavy atom.